The first-order chi connectivity index (χ1) is 20.6. The van der Waals surface area contributed by atoms with Crippen molar-refractivity contribution in [1.82, 2.24) is 5.32 Å². The molecule has 0 radical (unpaired) electrons. The zero-order valence-electron chi connectivity index (χ0n) is 27.1. The summed E-state index contributed by atoms with van der Waals surface area (Å²) in [5.74, 6) is 2.28. The zero-order chi connectivity index (χ0) is 31.4. The van der Waals surface area contributed by atoms with Crippen LogP contribution in [0.3, 0.4) is 0 Å². The molecule has 2 aromatic carbocycles. The standard InChI is InChI=1S/C36H51N3O4/c1-8-11-12-27(9-2)21-42-22-29(40)23-43-30-16-18-32(33(41)20-30)36-38-34(28(10-3)15-13-24(4)5)37-35(39-36)31-17-14-25(6)19-26(31)7/h13-20,27,29,35,40-41H,8-12,21-23H2,1-7H3,(H,37,38,39)/b28-15+/t27-,29-,35?/m1/s1. The van der Waals surface area contributed by atoms with Gasteiger partial charge in [-0.05, 0) is 69.7 Å². The van der Waals surface area contributed by atoms with E-state index in [0.717, 1.165) is 41.8 Å². The first-order valence-electron chi connectivity index (χ1n) is 15.7. The van der Waals surface area contributed by atoms with Gasteiger partial charge in [-0.1, -0.05) is 81.5 Å². The van der Waals surface area contributed by atoms with Gasteiger partial charge in [-0.3, -0.25) is 0 Å². The lowest BCUT2D eigenvalue weighted by atomic mass is 10.0. The van der Waals surface area contributed by atoms with Crippen LogP contribution in [-0.2, 0) is 4.74 Å². The number of phenolic OH excluding ortho intramolecular Hbond substituents is 1. The lowest BCUT2D eigenvalue weighted by Crippen LogP contribution is -2.36. The number of aromatic hydroxyl groups is 1. The summed E-state index contributed by atoms with van der Waals surface area (Å²) in [4.78, 5) is 9.92. The van der Waals surface area contributed by atoms with Crippen LogP contribution in [0.1, 0.15) is 95.1 Å². The van der Waals surface area contributed by atoms with Crippen molar-refractivity contribution in [3.8, 4) is 11.5 Å². The molecule has 43 heavy (non-hydrogen) atoms. The third kappa shape index (κ3) is 10.4. The molecule has 0 aliphatic carbocycles. The van der Waals surface area contributed by atoms with E-state index in [1.165, 1.54) is 24.0 Å². The highest BCUT2D eigenvalue weighted by molar-refractivity contribution is 6.16. The smallest absolute Gasteiger partial charge is 0.170 e. The van der Waals surface area contributed by atoms with Gasteiger partial charge in [0, 0.05) is 18.2 Å². The number of hydrogen-bond donors (Lipinski definition) is 3. The molecule has 0 saturated heterocycles. The van der Waals surface area contributed by atoms with Gasteiger partial charge in [-0.15, -0.1) is 0 Å². The molecule has 3 atom stereocenters. The van der Waals surface area contributed by atoms with Crippen LogP contribution in [0, 0.1) is 19.8 Å². The third-order valence-electron chi connectivity index (χ3n) is 7.62. The molecular weight excluding hydrogens is 538 g/mol. The number of rotatable bonds is 16. The van der Waals surface area contributed by atoms with E-state index in [1.807, 2.05) is 0 Å². The number of hydrogen-bond acceptors (Lipinski definition) is 7. The first-order valence-corrected chi connectivity index (χ1v) is 15.7. The molecule has 3 N–H and O–H groups in total. The molecule has 234 valence electrons. The van der Waals surface area contributed by atoms with E-state index in [4.69, 9.17) is 19.5 Å². The van der Waals surface area contributed by atoms with Gasteiger partial charge in [0.25, 0.3) is 0 Å². The molecule has 7 nitrogen and oxygen atoms in total. The zero-order valence-corrected chi connectivity index (χ0v) is 27.1. The first kappa shape index (κ1) is 34.1. The van der Waals surface area contributed by atoms with Crippen molar-refractivity contribution in [2.75, 3.05) is 19.8 Å². The highest BCUT2D eigenvalue weighted by atomic mass is 16.5. The van der Waals surface area contributed by atoms with Crippen LogP contribution in [0.5, 0.6) is 11.5 Å². The van der Waals surface area contributed by atoms with E-state index >= 15 is 0 Å². The summed E-state index contributed by atoms with van der Waals surface area (Å²) >= 11 is 0. The second-order valence-electron chi connectivity index (χ2n) is 11.7. The number of aryl methyl sites for hydroxylation is 2. The Bertz CT molecular complexity index is 1320. The topological polar surface area (TPSA) is 95.7 Å². The van der Waals surface area contributed by atoms with Crippen molar-refractivity contribution in [1.29, 1.82) is 0 Å². The Hall–Kier alpha value is -3.42. The van der Waals surface area contributed by atoms with Crippen molar-refractivity contribution >= 4 is 11.7 Å². The fourth-order valence-electron chi connectivity index (χ4n) is 4.95. The molecule has 0 saturated carbocycles. The minimum Gasteiger partial charge on any atom is -0.507 e. The quantitative estimate of drug-likeness (QED) is 0.174. The fraction of sp³-hybridized carbons (Fsp3) is 0.500. The summed E-state index contributed by atoms with van der Waals surface area (Å²) in [5.41, 5.74) is 6.12. The number of phenols is 1. The van der Waals surface area contributed by atoms with Crippen molar-refractivity contribution in [3.63, 3.8) is 0 Å². The van der Waals surface area contributed by atoms with E-state index in [0.29, 0.717) is 29.7 Å². The number of ether oxygens (including phenoxy) is 2. The van der Waals surface area contributed by atoms with Crippen LogP contribution in [0.2, 0.25) is 0 Å². The summed E-state index contributed by atoms with van der Waals surface area (Å²) < 4.78 is 11.6. The maximum Gasteiger partial charge on any atom is 0.170 e. The number of nitrogens with zero attached hydrogens (tertiary/aromatic N) is 2. The Morgan fingerprint density at radius 2 is 1.79 bits per heavy atom. The number of allylic oxidation sites excluding steroid dienone is 3. The molecule has 0 aromatic heterocycles. The highest BCUT2D eigenvalue weighted by Gasteiger charge is 2.24. The van der Waals surface area contributed by atoms with Gasteiger partial charge in [-0.2, -0.15) is 0 Å². The lowest BCUT2D eigenvalue weighted by molar-refractivity contribution is -0.00111. The van der Waals surface area contributed by atoms with Gasteiger partial charge >= 0.3 is 0 Å². The molecule has 1 heterocycles. The molecule has 2 aromatic rings. The van der Waals surface area contributed by atoms with E-state index in [2.05, 4.69) is 84.1 Å². The molecule has 0 fully saturated rings. The predicted molar refractivity (Wildman–Crippen MR) is 177 cm³/mol. The van der Waals surface area contributed by atoms with Gasteiger partial charge in [0.2, 0.25) is 0 Å². The molecule has 3 rings (SSSR count). The summed E-state index contributed by atoms with van der Waals surface area (Å²) in [6, 6.07) is 11.4. The molecule has 0 bridgehead atoms. The van der Waals surface area contributed by atoms with Gasteiger partial charge in [0.15, 0.2) is 6.17 Å². The molecule has 1 aliphatic rings. The maximum atomic E-state index is 11.1. The second kappa shape index (κ2) is 17.0. The molecule has 0 amide bonds. The largest absolute Gasteiger partial charge is 0.507 e. The fourth-order valence-corrected chi connectivity index (χ4v) is 4.95. The minimum absolute atomic E-state index is 0.0307. The summed E-state index contributed by atoms with van der Waals surface area (Å²) in [6.07, 6.45) is 8.34. The van der Waals surface area contributed by atoms with Gasteiger partial charge in [-0.25, -0.2) is 9.98 Å². The Balaban J connectivity index is 1.76. The minimum atomic E-state index is -0.757. The molecule has 1 aliphatic heterocycles. The number of amidine groups is 2. The highest BCUT2D eigenvalue weighted by Crippen LogP contribution is 2.31. The number of aliphatic imine (C=N–C) groups is 2. The average molecular weight is 590 g/mol. The van der Waals surface area contributed by atoms with Crippen LogP contribution in [-0.4, -0.2) is 47.8 Å². The van der Waals surface area contributed by atoms with E-state index in [-0.39, 0.29) is 19.0 Å². The number of nitrogens with one attached hydrogen (secondary N) is 1. The van der Waals surface area contributed by atoms with E-state index in [1.54, 1.807) is 18.2 Å². The summed E-state index contributed by atoms with van der Waals surface area (Å²) in [5, 5.41) is 24.8. The lowest BCUT2D eigenvalue weighted by Gasteiger charge is -2.24. The SMILES string of the molecule is CCCC[C@@H](CC)COC[C@@H](O)COc1ccc(C2=NC(c3ccc(C)cc3C)N=C(/C(=C/C=C(C)C)CC)N2)c(O)c1. The molecule has 0 spiro atoms. The Kier molecular flexibility index (Phi) is 13.5. The van der Waals surface area contributed by atoms with Crippen LogP contribution >= 0.6 is 0 Å². The normalized spacial score (nSPS) is 16.6. The predicted octanol–water partition coefficient (Wildman–Crippen LogP) is 7.73. The van der Waals surface area contributed by atoms with Gasteiger partial charge < -0.3 is 25.0 Å². The average Bonchev–Trinajstić information content (AvgIpc) is 2.98. The van der Waals surface area contributed by atoms with Crippen LogP contribution in [0.4, 0.5) is 0 Å². The number of unbranched alkanes of at least 4 members (excludes halogenated alkanes) is 1. The number of aliphatic hydroxyl groups is 1. The molecule has 7 heteroatoms. The van der Waals surface area contributed by atoms with Crippen LogP contribution in [0.25, 0.3) is 0 Å². The van der Waals surface area contributed by atoms with Crippen molar-refractivity contribution in [2.24, 2.45) is 15.9 Å². The summed E-state index contributed by atoms with van der Waals surface area (Å²) in [6.45, 7) is 15.7. The van der Waals surface area contributed by atoms with E-state index < -0.39 is 12.3 Å². The maximum absolute atomic E-state index is 11.1. The number of benzene rings is 2. The van der Waals surface area contributed by atoms with Crippen molar-refractivity contribution < 1.29 is 19.7 Å². The number of aliphatic hydroxyl groups excluding tert-OH is 1. The van der Waals surface area contributed by atoms with Gasteiger partial charge in [0.1, 0.15) is 35.9 Å². The van der Waals surface area contributed by atoms with Crippen molar-refractivity contribution in [3.05, 3.63) is 82.0 Å². The van der Waals surface area contributed by atoms with E-state index in [9.17, 15) is 10.2 Å². The summed E-state index contributed by atoms with van der Waals surface area (Å²) in [7, 11) is 0. The second-order valence-corrected chi connectivity index (χ2v) is 11.7. The van der Waals surface area contributed by atoms with Gasteiger partial charge in [0.05, 0.1) is 12.2 Å². The Labute approximate surface area is 258 Å². The van der Waals surface area contributed by atoms with Crippen LogP contribution in [0.15, 0.2) is 69.7 Å². The Morgan fingerprint density at radius 1 is 1.00 bits per heavy atom. The van der Waals surface area contributed by atoms with Crippen molar-refractivity contribution in [2.45, 2.75) is 92.8 Å². The third-order valence-corrected chi connectivity index (χ3v) is 7.62. The molecule has 1 unspecified atom stereocenters. The Morgan fingerprint density at radius 3 is 2.44 bits per heavy atom. The van der Waals surface area contributed by atoms with Crippen LogP contribution < -0.4 is 10.1 Å². The monoisotopic (exact) mass is 589 g/mol. The molecular formula is C36H51N3O4.